The minimum Gasteiger partial charge on any atom is -0.478 e. The van der Waals surface area contributed by atoms with Gasteiger partial charge in [0.15, 0.2) is 5.69 Å². The molecule has 39 heavy (non-hydrogen) atoms. The Morgan fingerprint density at radius 2 is 1.77 bits per heavy atom. The number of ether oxygens (including phenoxy) is 1. The lowest BCUT2D eigenvalue weighted by atomic mass is 9.73. The van der Waals surface area contributed by atoms with Gasteiger partial charge in [0.25, 0.3) is 0 Å². The molecule has 2 fully saturated rings. The highest BCUT2D eigenvalue weighted by Gasteiger charge is 2.29. The minimum atomic E-state index is -1.01. The number of hydrogen-bond acceptors (Lipinski definition) is 3. The van der Waals surface area contributed by atoms with Gasteiger partial charge in [-0.05, 0) is 82.5 Å². The molecule has 0 unspecified atom stereocenters. The molecule has 0 atom stereocenters. The number of aliphatic carboxylic acids is 1. The lowest BCUT2D eigenvalue weighted by Gasteiger charge is -2.33. The largest absolute Gasteiger partial charge is 0.478 e. The molecule has 0 spiro atoms. The highest BCUT2D eigenvalue weighted by Crippen LogP contribution is 2.48. The molecule has 0 radical (unpaired) electrons. The van der Waals surface area contributed by atoms with Gasteiger partial charge in [0.05, 0.1) is 24.8 Å². The third-order valence-electron chi connectivity index (χ3n) is 7.37. The number of carboxylic acids is 1. The summed E-state index contributed by atoms with van der Waals surface area (Å²) < 4.78 is 19.6. The molecule has 5 nitrogen and oxygen atoms in total. The number of hydrogen-bond donors (Lipinski definition) is 1. The normalized spacial score (nSPS) is 16.5. The van der Waals surface area contributed by atoms with Crippen LogP contribution >= 0.6 is 11.6 Å². The second-order valence-electron chi connectivity index (χ2n) is 9.75. The highest BCUT2D eigenvalue weighted by molar-refractivity contribution is 6.33. The average molecular weight is 543 g/mol. The van der Waals surface area contributed by atoms with Crippen LogP contribution in [0, 0.1) is 18.3 Å². The van der Waals surface area contributed by atoms with Crippen LogP contribution in [0.4, 0.5) is 15.8 Å². The van der Waals surface area contributed by atoms with Gasteiger partial charge in [-0.1, -0.05) is 54.4 Å². The van der Waals surface area contributed by atoms with Gasteiger partial charge < -0.3 is 14.7 Å². The van der Waals surface area contributed by atoms with Crippen LogP contribution in [0.3, 0.4) is 0 Å². The van der Waals surface area contributed by atoms with Gasteiger partial charge in [-0.2, -0.15) is 0 Å². The van der Waals surface area contributed by atoms with Gasteiger partial charge in [0, 0.05) is 24.9 Å². The molecule has 1 saturated carbocycles. The number of carboxylic acid groups (broad SMARTS) is 1. The fraction of sp³-hybridized carbons (Fsp3) is 0.250. The van der Waals surface area contributed by atoms with E-state index in [4.69, 9.17) is 28.0 Å². The maximum absolute atomic E-state index is 14.1. The van der Waals surface area contributed by atoms with Crippen LogP contribution in [-0.2, 0) is 9.53 Å². The van der Waals surface area contributed by atoms with Crippen molar-refractivity contribution in [3.63, 3.8) is 0 Å². The first-order valence-corrected chi connectivity index (χ1v) is 13.4. The van der Waals surface area contributed by atoms with Crippen LogP contribution in [-0.4, -0.2) is 37.4 Å². The summed E-state index contributed by atoms with van der Waals surface area (Å²) in [5, 5.41) is 9.35. The van der Waals surface area contributed by atoms with Crippen LogP contribution in [0.15, 0.2) is 66.7 Å². The molecule has 198 valence electrons. The van der Waals surface area contributed by atoms with Gasteiger partial charge >= 0.3 is 5.97 Å². The highest BCUT2D eigenvalue weighted by atomic mass is 35.5. The first-order chi connectivity index (χ1) is 18.9. The molecule has 7 heteroatoms. The Kier molecular flexibility index (Phi) is 8.11. The van der Waals surface area contributed by atoms with E-state index in [2.05, 4.69) is 9.74 Å². The average Bonchev–Trinajstić information content (AvgIpc) is 2.92. The summed E-state index contributed by atoms with van der Waals surface area (Å²) in [6.45, 7) is 10.9. The summed E-state index contributed by atoms with van der Waals surface area (Å²) in [6.07, 6.45) is 5.69. The molecular weight excluding hydrogens is 515 g/mol. The Balaban J connectivity index is 1.72. The monoisotopic (exact) mass is 542 g/mol. The number of allylic oxidation sites excluding steroid dienone is 1. The summed E-state index contributed by atoms with van der Waals surface area (Å²) in [6, 6.07) is 18.1. The zero-order chi connectivity index (χ0) is 27.4. The summed E-state index contributed by atoms with van der Waals surface area (Å²) in [5.74, 6) is -1.20. The Hall–Kier alpha value is -3.92. The molecule has 2 aliphatic rings. The van der Waals surface area contributed by atoms with E-state index in [1.54, 1.807) is 12.1 Å². The summed E-state index contributed by atoms with van der Waals surface area (Å²) in [7, 11) is 0. The number of carbonyl (C=O) groups is 1. The summed E-state index contributed by atoms with van der Waals surface area (Å²) in [4.78, 5) is 17.2. The Bertz CT molecular complexity index is 1480. The lowest BCUT2D eigenvalue weighted by Crippen LogP contribution is -2.36. The van der Waals surface area contributed by atoms with Crippen molar-refractivity contribution < 1.29 is 19.0 Å². The topological polar surface area (TPSA) is 54.1 Å². The van der Waals surface area contributed by atoms with Gasteiger partial charge in [-0.15, -0.1) is 0 Å². The van der Waals surface area contributed by atoms with E-state index in [1.165, 1.54) is 12.1 Å². The lowest BCUT2D eigenvalue weighted by molar-refractivity contribution is -0.131. The molecule has 1 heterocycles. The maximum Gasteiger partial charge on any atom is 0.328 e. The van der Waals surface area contributed by atoms with Crippen LogP contribution in [0.1, 0.15) is 41.5 Å². The van der Waals surface area contributed by atoms with Crippen molar-refractivity contribution in [2.24, 2.45) is 5.92 Å². The molecule has 1 aliphatic heterocycles. The number of rotatable bonds is 7. The smallest absolute Gasteiger partial charge is 0.328 e. The van der Waals surface area contributed by atoms with Crippen molar-refractivity contribution in [3.8, 4) is 0 Å². The number of benzene rings is 3. The number of anilines is 1. The molecule has 3 aromatic carbocycles. The second-order valence-corrected chi connectivity index (χ2v) is 10.2. The summed E-state index contributed by atoms with van der Waals surface area (Å²) in [5.41, 5.74) is 6.59. The number of morpholine rings is 1. The van der Waals surface area contributed by atoms with E-state index < -0.39 is 11.8 Å². The van der Waals surface area contributed by atoms with E-state index >= 15 is 0 Å². The first-order valence-electron chi connectivity index (χ1n) is 13.0. The van der Waals surface area contributed by atoms with E-state index in [0.29, 0.717) is 23.9 Å². The van der Waals surface area contributed by atoms with Gasteiger partial charge in [-0.3, -0.25) is 0 Å². The molecule has 1 aliphatic carbocycles. The fourth-order valence-corrected chi connectivity index (χ4v) is 5.46. The van der Waals surface area contributed by atoms with Gasteiger partial charge in [-0.25, -0.2) is 14.0 Å². The van der Waals surface area contributed by atoms with Crippen LogP contribution in [0.25, 0.3) is 22.1 Å². The van der Waals surface area contributed by atoms with Crippen LogP contribution in [0.5, 0.6) is 0 Å². The molecule has 5 rings (SSSR count). The number of halogens is 2. The van der Waals surface area contributed by atoms with Crippen molar-refractivity contribution >= 4 is 46.2 Å². The van der Waals surface area contributed by atoms with E-state index in [0.717, 1.165) is 77.5 Å². The zero-order valence-electron chi connectivity index (χ0n) is 21.4. The van der Waals surface area contributed by atoms with Crippen molar-refractivity contribution in [1.82, 2.24) is 0 Å². The minimum absolute atomic E-state index is 0.215. The van der Waals surface area contributed by atoms with Gasteiger partial charge in [0.2, 0.25) is 0 Å². The number of nitrogens with zero attached hydrogens (tertiary/aromatic N) is 2. The second kappa shape index (κ2) is 11.9. The molecule has 0 bridgehead atoms. The quantitative estimate of drug-likeness (QED) is 0.189. The van der Waals surface area contributed by atoms with Gasteiger partial charge in [0.1, 0.15) is 5.82 Å². The van der Waals surface area contributed by atoms with E-state index in [1.807, 2.05) is 42.5 Å². The Morgan fingerprint density at radius 1 is 1.05 bits per heavy atom. The van der Waals surface area contributed by atoms with Crippen LogP contribution in [0.2, 0.25) is 5.02 Å². The van der Waals surface area contributed by atoms with Crippen LogP contribution < -0.4 is 4.90 Å². The molecule has 3 aromatic rings. The SMILES string of the molecule is [C-]#[N+]c1cc(N2CCOCC2)ccc1/C(=C(/c1ccc(F)cc1Cl)C1CCC1)c1ccc(/C=C/C(=O)O)cc1. The van der Waals surface area contributed by atoms with Crippen molar-refractivity contribution in [3.05, 3.63) is 111 Å². The molecule has 0 amide bonds. The molecular formula is C32H28ClFN2O3. The van der Waals surface area contributed by atoms with E-state index in [9.17, 15) is 9.18 Å². The third kappa shape index (κ3) is 5.90. The molecule has 1 N–H and O–H groups in total. The summed E-state index contributed by atoms with van der Waals surface area (Å²) >= 11 is 6.65. The molecule has 1 saturated heterocycles. The Labute approximate surface area is 232 Å². The zero-order valence-corrected chi connectivity index (χ0v) is 22.1. The predicted molar refractivity (Wildman–Crippen MR) is 154 cm³/mol. The van der Waals surface area contributed by atoms with Crippen molar-refractivity contribution in [2.75, 3.05) is 31.2 Å². The third-order valence-corrected chi connectivity index (χ3v) is 7.68. The van der Waals surface area contributed by atoms with Crippen molar-refractivity contribution in [1.29, 1.82) is 0 Å². The fourth-order valence-electron chi connectivity index (χ4n) is 5.19. The molecule has 0 aromatic heterocycles. The van der Waals surface area contributed by atoms with Crippen molar-refractivity contribution in [2.45, 2.75) is 19.3 Å². The standard InChI is InChI=1S/C32H28ClFN2O3/c1-35-29-20-25(36-15-17-39-18-16-36)11-13-27(29)32(23-8-5-21(6-9-23)7-14-30(37)38)31(22-3-2-4-22)26-12-10-24(34)19-28(26)33/h5-14,19-20,22H,2-4,15-18H2,(H,37,38)/b14-7+,32-31+. The van der Waals surface area contributed by atoms with E-state index in [-0.39, 0.29) is 5.92 Å². The first kappa shape index (κ1) is 26.7. The Morgan fingerprint density at radius 3 is 2.38 bits per heavy atom. The maximum atomic E-state index is 14.1. The predicted octanol–water partition coefficient (Wildman–Crippen LogP) is 7.72.